The van der Waals surface area contributed by atoms with Gasteiger partial charge in [-0.25, -0.2) is 0 Å². The van der Waals surface area contributed by atoms with Gasteiger partial charge in [0, 0.05) is 6.92 Å². The van der Waals surface area contributed by atoms with Crippen molar-refractivity contribution in [2.24, 2.45) is 5.92 Å². The van der Waals surface area contributed by atoms with Crippen LogP contribution in [0.15, 0.2) is 0 Å². The van der Waals surface area contributed by atoms with E-state index in [1.807, 2.05) is 0 Å². The summed E-state index contributed by atoms with van der Waals surface area (Å²) in [6, 6.07) is -0.852. The van der Waals surface area contributed by atoms with Crippen molar-refractivity contribution in [3.8, 4) is 0 Å². The Kier molecular flexibility index (Phi) is 6.09. The lowest BCUT2D eigenvalue weighted by Gasteiger charge is -2.22. The number of amides is 1. The van der Waals surface area contributed by atoms with Gasteiger partial charge in [0.15, 0.2) is 0 Å². The monoisotopic (exact) mass is 243 g/mol. The normalized spacial score (nSPS) is 11.8. The van der Waals surface area contributed by atoms with E-state index >= 15 is 0 Å². The minimum atomic E-state index is -1.02. The van der Waals surface area contributed by atoms with Crippen molar-refractivity contribution < 1.29 is 23.9 Å². The summed E-state index contributed by atoms with van der Waals surface area (Å²) in [4.78, 5) is 44.9. The van der Waals surface area contributed by atoms with E-state index in [2.05, 4.69) is 10.1 Å². The minimum Gasteiger partial charge on any atom is -0.469 e. The van der Waals surface area contributed by atoms with E-state index in [0.717, 1.165) is 0 Å². The van der Waals surface area contributed by atoms with Crippen LogP contribution in [0.1, 0.15) is 27.2 Å². The number of esters is 1. The summed E-state index contributed by atoms with van der Waals surface area (Å²) < 4.78 is 4.46. The molecule has 0 aliphatic carbocycles. The molecule has 17 heavy (non-hydrogen) atoms. The van der Waals surface area contributed by atoms with Gasteiger partial charge < -0.3 is 10.1 Å². The van der Waals surface area contributed by atoms with Gasteiger partial charge in [-0.2, -0.15) is 0 Å². The number of ether oxygens (including phenoxy) is 1. The third-order valence-electron chi connectivity index (χ3n) is 2.28. The van der Waals surface area contributed by atoms with Crippen LogP contribution in [0, 0.1) is 5.92 Å². The number of rotatable bonds is 6. The van der Waals surface area contributed by atoms with E-state index in [1.165, 1.54) is 27.9 Å². The first-order chi connectivity index (χ1) is 7.79. The van der Waals surface area contributed by atoms with Crippen molar-refractivity contribution in [1.82, 2.24) is 5.32 Å². The van der Waals surface area contributed by atoms with Crippen molar-refractivity contribution >= 4 is 23.4 Å². The quantitative estimate of drug-likeness (QED) is 0.517. The number of Topliss-reactive ketones (excluding diaryl/α,β-unsaturated/α-hetero) is 2. The number of hydrogen-bond acceptors (Lipinski definition) is 5. The zero-order valence-electron chi connectivity index (χ0n) is 10.4. The van der Waals surface area contributed by atoms with Gasteiger partial charge in [0.2, 0.25) is 5.91 Å². The van der Waals surface area contributed by atoms with E-state index in [-0.39, 0.29) is 18.0 Å². The number of methoxy groups -OCH3 is 1. The molecule has 0 spiro atoms. The molecule has 0 saturated carbocycles. The highest BCUT2D eigenvalue weighted by molar-refractivity contribution is 6.01. The average Bonchev–Trinajstić information content (AvgIpc) is 2.14. The first-order valence-corrected chi connectivity index (χ1v) is 5.14. The minimum absolute atomic E-state index is 0.208. The fraction of sp³-hybridized carbons (Fsp3) is 0.636. The van der Waals surface area contributed by atoms with E-state index < -0.39 is 23.8 Å². The summed E-state index contributed by atoms with van der Waals surface area (Å²) in [6.07, 6.45) is -0.208. The lowest BCUT2D eigenvalue weighted by atomic mass is 9.90. The molecule has 96 valence electrons. The Morgan fingerprint density at radius 2 is 1.53 bits per heavy atom. The van der Waals surface area contributed by atoms with Crippen LogP contribution in [0.25, 0.3) is 0 Å². The third kappa shape index (κ3) is 5.24. The van der Waals surface area contributed by atoms with Crippen LogP contribution < -0.4 is 5.32 Å². The summed E-state index contributed by atoms with van der Waals surface area (Å²) in [7, 11) is 1.20. The molecule has 6 nitrogen and oxygen atoms in total. The van der Waals surface area contributed by atoms with Crippen molar-refractivity contribution in [2.75, 3.05) is 7.11 Å². The maximum Gasteiger partial charge on any atom is 0.307 e. The standard InChI is InChI=1S/C11H17NO5/c1-6(13)11(7(2)14)9(12-8(3)15)5-10(16)17-4/h9,11H,5H2,1-4H3,(H,12,15)/t9-/m0/s1. The van der Waals surface area contributed by atoms with E-state index in [1.54, 1.807) is 0 Å². The predicted molar refractivity (Wildman–Crippen MR) is 59.1 cm³/mol. The molecule has 0 fully saturated rings. The molecule has 0 aromatic rings. The molecule has 0 bridgehead atoms. The lowest BCUT2D eigenvalue weighted by Crippen LogP contribution is -2.46. The molecule has 6 heteroatoms. The summed E-state index contributed by atoms with van der Waals surface area (Å²) in [5.74, 6) is -2.79. The smallest absolute Gasteiger partial charge is 0.307 e. The largest absolute Gasteiger partial charge is 0.469 e. The Labute approximate surface area is 99.7 Å². The van der Waals surface area contributed by atoms with Gasteiger partial charge in [-0.05, 0) is 13.8 Å². The molecule has 0 heterocycles. The fourth-order valence-corrected chi connectivity index (χ4v) is 1.63. The molecule has 1 atom stereocenters. The molecule has 0 aromatic carbocycles. The molecule has 1 amide bonds. The number of carbonyl (C=O) groups is 4. The lowest BCUT2D eigenvalue weighted by molar-refractivity contribution is -0.142. The Balaban J connectivity index is 4.98. The topological polar surface area (TPSA) is 89.5 Å². The first kappa shape index (κ1) is 15.3. The highest BCUT2D eigenvalue weighted by Crippen LogP contribution is 2.12. The van der Waals surface area contributed by atoms with Gasteiger partial charge in [-0.1, -0.05) is 0 Å². The van der Waals surface area contributed by atoms with Gasteiger partial charge in [-0.3, -0.25) is 19.2 Å². The molecule has 0 rings (SSSR count). The summed E-state index contributed by atoms with van der Waals surface area (Å²) >= 11 is 0. The van der Waals surface area contributed by atoms with Gasteiger partial charge in [0.25, 0.3) is 0 Å². The second kappa shape index (κ2) is 6.78. The molecule has 1 N–H and O–H groups in total. The van der Waals surface area contributed by atoms with Crippen LogP contribution in [0.2, 0.25) is 0 Å². The van der Waals surface area contributed by atoms with E-state index in [9.17, 15) is 19.2 Å². The van der Waals surface area contributed by atoms with Gasteiger partial charge in [0.05, 0.1) is 25.5 Å². The summed E-state index contributed by atoms with van der Waals surface area (Å²) in [5, 5.41) is 2.43. The summed E-state index contributed by atoms with van der Waals surface area (Å²) in [5.41, 5.74) is 0. The SMILES string of the molecule is COC(=O)C[C@H](NC(C)=O)C(C(C)=O)C(C)=O. The number of carbonyl (C=O) groups excluding carboxylic acids is 4. The zero-order chi connectivity index (χ0) is 13.6. The molecular weight excluding hydrogens is 226 g/mol. The molecule has 0 unspecified atom stereocenters. The van der Waals surface area contributed by atoms with Crippen LogP contribution in [0.4, 0.5) is 0 Å². The highest BCUT2D eigenvalue weighted by Gasteiger charge is 2.32. The highest BCUT2D eigenvalue weighted by atomic mass is 16.5. The van der Waals surface area contributed by atoms with Gasteiger partial charge >= 0.3 is 5.97 Å². The molecule has 0 aliphatic heterocycles. The Morgan fingerprint density at radius 1 is 1.06 bits per heavy atom. The predicted octanol–water partition coefficient (Wildman–Crippen LogP) is -0.152. The van der Waals surface area contributed by atoms with Crippen LogP contribution >= 0.6 is 0 Å². The fourth-order valence-electron chi connectivity index (χ4n) is 1.63. The van der Waals surface area contributed by atoms with Crippen LogP contribution in [0.5, 0.6) is 0 Å². The van der Waals surface area contributed by atoms with Crippen LogP contribution in [-0.2, 0) is 23.9 Å². The molecule has 0 aromatic heterocycles. The zero-order valence-corrected chi connectivity index (χ0v) is 10.4. The Hall–Kier alpha value is -1.72. The number of hydrogen-bond donors (Lipinski definition) is 1. The molecule has 0 saturated heterocycles. The average molecular weight is 243 g/mol. The first-order valence-electron chi connectivity index (χ1n) is 5.14. The second-order valence-corrected chi connectivity index (χ2v) is 3.79. The van der Waals surface area contributed by atoms with Crippen molar-refractivity contribution in [2.45, 2.75) is 33.2 Å². The van der Waals surface area contributed by atoms with E-state index in [0.29, 0.717) is 0 Å². The maximum absolute atomic E-state index is 11.4. The molecule has 0 aliphatic rings. The Bertz CT molecular complexity index is 323. The molecule has 0 radical (unpaired) electrons. The Morgan fingerprint density at radius 3 is 1.82 bits per heavy atom. The van der Waals surface area contributed by atoms with Crippen LogP contribution in [-0.4, -0.2) is 36.6 Å². The number of ketones is 2. The van der Waals surface area contributed by atoms with E-state index in [4.69, 9.17) is 0 Å². The van der Waals surface area contributed by atoms with Crippen molar-refractivity contribution in [3.63, 3.8) is 0 Å². The van der Waals surface area contributed by atoms with Crippen molar-refractivity contribution in [3.05, 3.63) is 0 Å². The summed E-state index contributed by atoms with van der Waals surface area (Å²) in [6.45, 7) is 3.75. The van der Waals surface area contributed by atoms with Gasteiger partial charge in [-0.15, -0.1) is 0 Å². The van der Waals surface area contributed by atoms with Gasteiger partial charge in [0.1, 0.15) is 11.6 Å². The second-order valence-electron chi connectivity index (χ2n) is 3.79. The van der Waals surface area contributed by atoms with Crippen molar-refractivity contribution in [1.29, 1.82) is 0 Å². The number of nitrogens with one attached hydrogen (secondary N) is 1. The molecular formula is C11H17NO5. The van der Waals surface area contributed by atoms with Crippen LogP contribution in [0.3, 0.4) is 0 Å². The maximum atomic E-state index is 11.4. The third-order valence-corrected chi connectivity index (χ3v) is 2.28.